The summed E-state index contributed by atoms with van der Waals surface area (Å²) in [5.41, 5.74) is 1.32. The number of benzene rings is 1. The number of hydrogen-bond donors (Lipinski definition) is 2. The number of carboxylic acids is 1. The Balaban J connectivity index is 1.39. The zero-order valence-electron chi connectivity index (χ0n) is 22.4. The third-order valence-corrected chi connectivity index (χ3v) is 9.86. The van der Waals surface area contributed by atoms with Crippen molar-refractivity contribution in [1.29, 1.82) is 0 Å². The van der Waals surface area contributed by atoms with Crippen molar-refractivity contribution in [2.24, 2.45) is 5.92 Å². The van der Waals surface area contributed by atoms with Gasteiger partial charge in [-0.05, 0) is 48.2 Å². The fourth-order valence-corrected chi connectivity index (χ4v) is 7.30. The van der Waals surface area contributed by atoms with Crippen LogP contribution in [0.15, 0.2) is 64.1 Å². The van der Waals surface area contributed by atoms with Gasteiger partial charge in [-0.3, -0.25) is 9.59 Å². The van der Waals surface area contributed by atoms with Gasteiger partial charge in [0.2, 0.25) is 21.8 Å². The molecule has 11 nitrogen and oxygen atoms in total. The van der Waals surface area contributed by atoms with E-state index in [1.54, 1.807) is 36.4 Å². The van der Waals surface area contributed by atoms with Gasteiger partial charge in [0.15, 0.2) is 5.13 Å². The average molecular weight is 599 g/mol. The minimum Gasteiger partial charge on any atom is -0.481 e. The van der Waals surface area contributed by atoms with Gasteiger partial charge in [-0.25, -0.2) is 18.4 Å². The minimum absolute atomic E-state index is 0.0692. The number of fused-ring (bicyclic) bond motifs is 1. The first kappa shape index (κ1) is 28.7. The molecule has 1 amide bonds. The summed E-state index contributed by atoms with van der Waals surface area (Å²) in [5.74, 6) is -0.878. The lowest BCUT2D eigenvalue weighted by molar-refractivity contribution is -0.137. The van der Waals surface area contributed by atoms with E-state index in [1.165, 1.54) is 36.8 Å². The number of sulfonamides is 1. The van der Waals surface area contributed by atoms with Crippen LogP contribution in [0.1, 0.15) is 49.3 Å². The van der Waals surface area contributed by atoms with Gasteiger partial charge in [-0.2, -0.15) is 4.31 Å². The SMILES string of the molecule is COc1ccc2nc(NC(=O)[C@H](CC3CCCC3)c3ccc(S(=O)(=O)N(CC(=O)O)Cc4ccco4)cc3)sc2n1. The predicted octanol–water partition coefficient (Wildman–Crippen LogP) is 4.87. The Labute approximate surface area is 241 Å². The minimum atomic E-state index is -4.16. The van der Waals surface area contributed by atoms with E-state index in [0.29, 0.717) is 45.0 Å². The Kier molecular flexibility index (Phi) is 8.66. The fourth-order valence-electron chi connectivity index (χ4n) is 5.11. The summed E-state index contributed by atoms with van der Waals surface area (Å²) >= 11 is 1.25. The second kappa shape index (κ2) is 12.4. The van der Waals surface area contributed by atoms with Crippen molar-refractivity contribution in [2.75, 3.05) is 19.0 Å². The number of nitrogens with zero attached hydrogens (tertiary/aromatic N) is 3. The van der Waals surface area contributed by atoms with Gasteiger partial charge < -0.3 is 19.6 Å². The van der Waals surface area contributed by atoms with Crippen LogP contribution in [0.2, 0.25) is 0 Å². The highest BCUT2D eigenvalue weighted by Gasteiger charge is 2.30. The van der Waals surface area contributed by atoms with E-state index in [0.717, 1.165) is 30.0 Å². The van der Waals surface area contributed by atoms with Crippen LogP contribution in [0, 0.1) is 5.92 Å². The highest BCUT2D eigenvalue weighted by Crippen LogP contribution is 2.36. The van der Waals surface area contributed by atoms with Crippen LogP contribution in [-0.2, 0) is 26.2 Å². The van der Waals surface area contributed by atoms with Gasteiger partial charge in [-0.15, -0.1) is 0 Å². The van der Waals surface area contributed by atoms with Gasteiger partial charge in [0, 0.05) is 6.07 Å². The molecule has 13 heteroatoms. The molecule has 3 aromatic heterocycles. The monoisotopic (exact) mass is 598 g/mol. The first-order chi connectivity index (χ1) is 19.7. The molecule has 0 unspecified atom stereocenters. The van der Waals surface area contributed by atoms with Gasteiger partial charge in [0.05, 0.1) is 30.7 Å². The van der Waals surface area contributed by atoms with Crippen LogP contribution >= 0.6 is 11.3 Å². The molecule has 1 saturated carbocycles. The van der Waals surface area contributed by atoms with Crippen molar-refractivity contribution in [3.05, 3.63) is 66.1 Å². The van der Waals surface area contributed by atoms with E-state index in [9.17, 15) is 23.1 Å². The fraction of sp³-hybridized carbons (Fsp3) is 0.357. The Morgan fingerprint density at radius 1 is 1.15 bits per heavy atom. The molecule has 5 rings (SSSR count). The average Bonchev–Trinajstić information content (AvgIpc) is 3.73. The van der Waals surface area contributed by atoms with Crippen LogP contribution in [0.25, 0.3) is 10.3 Å². The summed E-state index contributed by atoms with van der Waals surface area (Å²) in [6.07, 6.45) is 6.34. The number of rotatable bonds is 12. The number of nitrogens with one attached hydrogen (secondary N) is 1. The predicted molar refractivity (Wildman–Crippen MR) is 152 cm³/mol. The molecule has 0 spiro atoms. The number of pyridine rings is 1. The lowest BCUT2D eigenvalue weighted by Gasteiger charge is -2.22. The molecule has 1 aliphatic carbocycles. The molecule has 4 aromatic rings. The largest absolute Gasteiger partial charge is 0.481 e. The first-order valence-corrected chi connectivity index (χ1v) is 15.5. The molecule has 3 heterocycles. The normalized spacial score (nSPS) is 14.9. The Morgan fingerprint density at radius 2 is 1.90 bits per heavy atom. The summed E-state index contributed by atoms with van der Waals surface area (Å²) < 4.78 is 38.0. The molecule has 0 radical (unpaired) electrons. The molecular formula is C28H30N4O7S2. The number of thiazole rings is 1. The maximum absolute atomic E-state index is 13.6. The van der Waals surface area contributed by atoms with Crippen LogP contribution < -0.4 is 10.1 Å². The topological polar surface area (TPSA) is 152 Å². The molecule has 2 N–H and O–H groups in total. The lowest BCUT2D eigenvalue weighted by Crippen LogP contribution is -2.35. The van der Waals surface area contributed by atoms with Gasteiger partial charge in [0.1, 0.15) is 22.7 Å². The van der Waals surface area contributed by atoms with Crippen LogP contribution in [0.3, 0.4) is 0 Å². The van der Waals surface area contributed by atoms with Crippen molar-refractivity contribution < 1.29 is 32.3 Å². The third kappa shape index (κ3) is 6.75. The van der Waals surface area contributed by atoms with Crippen molar-refractivity contribution >= 4 is 48.7 Å². The molecule has 1 atom stereocenters. The number of methoxy groups -OCH3 is 1. The number of carbonyl (C=O) groups excluding carboxylic acids is 1. The summed E-state index contributed by atoms with van der Waals surface area (Å²) in [4.78, 5) is 34.5. The molecule has 216 valence electrons. The molecule has 41 heavy (non-hydrogen) atoms. The Hall–Kier alpha value is -3.81. The van der Waals surface area contributed by atoms with E-state index in [2.05, 4.69) is 15.3 Å². The molecule has 0 aliphatic heterocycles. The van der Waals surface area contributed by atoms with E-state index in [-0.39, 0.29) is 17.3 Å². The van der Waals surface area contributed by atoms with Crippen LogP contribution in [-0.4, -0.2) is 53.3 Å². The molecule has 0 saturated heterocycles. The smallest absolute Gasteiger partial charge is 0.318 e. The van der Waals surface area contributed by atoms with E-state index >= 15 is 0 Å². The number of hydrogen-bond acceptors (Lipinski definition) is 9. The van der Waals surface area contributed by atoms with Crippen molar-refractivity contribution in [3.63, 3.8) is 0 Å². The highest BCUT2D eigenvalue weighted by atomic mass is 32.2. The molecule has 1 aliphatic rings. The number of carboxylic acid groups (broad SMARTS) is 1. The van der Waals surface area contributed by atoms with Crippen molar-refractivity contribution in [1.82, 2.24) is 14.3 Å². The number of amides is 1. The molecule has 1 fully saturated rings. The number of furan rings is 1. The number of anilines is 1. The highest BCUT2D eigenvalue weighted by molar-refractivity contribution is 7.89. The number of aromatic nitrogens is 2. The standard InChI is InChI=1S/C28H30N4O7S2/c1-38-24-13-12-23-27(30-24)40-28(29-23)31-26(35)22(15-18-5-2-3-6-18)19-8-10-21(11-9-19)41(36,37)32(17-25(33)34)16-20-7-4-14-39-20/h4,7-14,18,22H,2-3,5-6,15-17H2,1H3,(H,33,34)(H,29,31,35)/t22-/m1/s1. The van der Waals surface area contributed by atoms with Crippen molar-refractivity contribution in [2.45, 2.75) is 49.5 Å². The number of ether oxygens (including phenoxy) is 1. The van der Waals surface area contributed by atoms with Crippen molar-refractivity contribution in [3.8, 4) is 5.88 Å². The van der Waals surface area contributed by atoms with Gasteiger partial charge in [0.25, 0.3) is 0 Å². The summed E-state index contributed by atoms with van der Waals surface area (Å²) in [6, 6.07) is 12.8. The summed E-state index contributed by atoms with van der Waals surface area (Å²) in [6.45, 7) is -0.945. The zero-order chi connectivity index (χ0) is 29.0. The summed E-state index contributed by atoms with van der Waals surface area (Å²) in [7, 11) is -2.63. The van der Waals surface area contributed by atoms with Gasteiger partial charge >= 0.3 is 5.97 Å². The summed E-state index contributed by atoms with van der Waals surface area (Å²) in [5, 5.41) is 12.7. The van der Waals surface area contributed by atoms with E-state index in [1.807, 2.05) is 0 Å². The van der Waals surface area contributed by atoms with Crippen LogP contribution in [0.5, 0.6) is 5.88 Å². The van der Waals surface area contributed by atoms with E-state index < -0.39 is 28.5 Å². The maximum atomic E-state index is 13.6. The Bertz CT molecular complexity index is 1610. The third-order valence-electron chi connectivity index (χ3n) is 7.17. The quantitative estimate of drug-likeness (QED) is 0.233. The lowest BCUT2D eigenvalue weighted by atomic mass is 9.87. The maximum Gasteiger partial charge on any atom is 0.318 e. The van der Waals surface area contributed by atoms with E-state index in [4.69, 9.17) is 9.15 Å². The molecule has 0 bridgehead atoms. The van der Waals surface area contributed by atoms with Crippen LogP contribution in [0.4, 0.5) is 5.13 Å². The Morgan fingerprint density at radius 3 is 2.56 bits per heavy atom. The number of aliphatic carboxylic acids is 1. The molecular weight excluding hydrogens is 568 g/mol. The molecule has 1 aromatic carbocycles. The zero-order valence-corrected chi connectivity index (χ0v) is 24.0. The second-order valence-electron chi connectivity index (χ2n) is 9.94. The van der Waals surface area contributed by atoms with Gasteiger partial charge in [-0.1, -0.05) is 49.2 Å². The first-order valence-electron chi connectivity index (χ1n) is 13.2. The number of carbonyl (C=O) groups is 2. The second-order valence-corrected chi connectivity index (χ2v) is 12.9.